The van der Waals surface area contributed by atoms with Crippen LogP contribution in [0.1, 0.15) is 0 Å². The summed E-state index contributed by atoms with van der Waals surface area (Å²) in [7, 11) is 0. The highest BCUT2D eigenvalue weighted by molar-refractivity contribution is 5.61. The molecule has 0 aromatic carbocycles. The van der Waals surface area contributed by atoms with Gasteiger partial charge in [0, 0.05) is 0 Å². The molecule has 2 bridgehead atoms. The van der Waals surface area contributed by atoms with Gasteiger partial charge in [0.25, 0.3) is 0 Å². The van der Waals surface area contributed by atoms with Crippen molar-refractivity contribution >= 4 is 12.2 Å². The van der Waals surface area contributed by atoms with Gasteiger partial charge in [-0.05, 0) is 12.2 Å². The second-order valence-corrected chi connectivity index (χ2v) is 1.64. The minimum Gasteiger partial charge on any atom is -0.378 e. The van der Waals surface area contributed by atoms with E-state index in [1.54, 1.807) is 12.2 Å². The topological polar surface area (TPSA) is 46.0 Å². The van der Waals surface area contributed by atoms with E-state index in [4.69, 9.17) is 0 Å². The number of aromatic nitrogens is 1. The molecule has 0 unspecified atom stereocenters. The molecule has 0 radical (unpaired) electrons. The molecule has 0 atom stereocenters. The van der Waals surface area contributed by atoms with Gasteiger partial charge in [0.2, 0.25) is 10.8 Å². The molecule has 1 aromatic heterocycles. The molecule has 1 heterocycles. The van der Waals surface area contributed by atoms with Gasteiger partial charge < -0.3 is 4.52 Å². The van der Waals surface area contributed by atoms with Gasteiger partial charge in [-0.25, -0.2) is 5.16 Å². The molecule has 8 heavy (non-hydrogen) atoms. The van der Waals surface area contributed by atoms with Crippen molar-refractivity contribution in [1.29, 1.82) is 0 Å². The molecule has 1 aliphatic carbocycles. The van der Waals surface area contributed by atoms with Crippen molar-refractivity contribution in [3.05, 3.63) is 21.0 Å². The largest absolute Gasteiger partial charge is 0.378 e. The van der Waals surface area contributed by atoms with Crippen LogP contribution in [-0.2, 0) is 0 Å². The maximum atomic E-state index is 10.6. The van der Waals surface area contributed by atoms with Crippen molar-refractivity contribution in [3.8, 4) is 0 Å². The van der Waals surface area contributed by atoms with Gasteiger partial charge in [-0.2, -0.15) is 0 Å². The first kappa shape index (κ1) is 3.72. The molecule has 3 nitrogen and oxygen atoms in total. The Hall–Kier alpha value is -1.25. The van der Waals surface area contributed by atoms with Gasteiger partial charge in [0.15, 0.2) is 0 Å². The molecule has 1 N–H and O–H groups in total. The van der Waals surface area contributed by atoms with E-state index in [1.807, 2.05) is 0 Å². The average molecular weight is 109 g/mol. The molecule has 2 rings (SSSR count). The molecule has 0 saturated heterocycles. The quantitative estimate of drug-likeness (QED) is 0.442. The van der Waals surface area contributed by atoms with Gasteiger partial charge in [-0.3, -0.25) is 4.79 Å². The molecule has 1 aliphatic rings. The maximum absolute atomic E-state index is 10.6. The van der Waals surface area contributed by atoms with Gasteiger partial charge in [0.05, 0.1) is 0 Å². The van der Waals surface area contributed by atoms with E-state index in [0.717, 1.165) is 0 Å². The number of aromatic amines is 1. The second-order valence-electron chi connectivity index (χ2n) is 1.64. The lowest BCUT2D eigenvalue weighted by Crippen LogP contribution is -2.26. The van der Waals surface area contributed by atoms with E-state index in [0.29, 0.717) is 10.8 Å². The van der Waals surface area contributed by atoms with Crippen molar-refractivity contribution in [2.24, 2.45) is 0 Å². The van der Waals surface area contributed by atoms with E-state index in [-0.39, 0.29) is 5.43 Å². The molecule has 40 valence electrons. The highest BCUT2D eigenvalue weighted by atomic mass is 16.5. The van der Waals surface area contributed by atoms with E-state index in [1.165, 1.54) is 0 Å². The third-order valence-corrected chi connectivity index (χ3v) is 1.14. The summed E-state index contributed by atoms with van der Waals surface area (Å²) in [6.07, 6.45) is 3.34. The maximum Gasteiger partial charge on any atom is 0.249 e. The van der Waals surface area contributed by atoms with Crippen molar-refractivity contribution in [2.45, 2.75) is 0 Å². The minimum absolute atomic E-state index is 0.0370. The number of nitrogens with one attached hydrogen (secondary N) is 1. The Kier molecular flexibility index (Phi) is 0.436. The number of hydrogen-bond donors (Lipinski definition) is 1. The normalized spacial score (nSPS) is 13.0. The second kappa shape index (κ2) is 0.940. The monoisotopic (exact) mass is 109 g/mol. The fraction of sp³-hybridized carbons (Fsp3) is 0. The van der Waals surface area contributed by atoms with Crippen LogP contribution in [0.15, 0.2) is 9.32 Å². The van der Waals surface area contributed by atoms with Crippen LogP contribution in [0.2, 0.25) is 0 Å². The van der Waals surface area contributed by atoms with E-state index in [9.17, 15) is 4.79 Å². The Morgan fingerprint density at radius 2 is 2.38 bits per heavy atom. The predicted octanol–water partition coefficient (Wildman–Crippen LogP) is -1.46. The molecule has 0 spiro atoms. The number of rotatable bonds is 0. The summed E-state index contributed by atoms with van der Waals surface area (Å²) < 4.78 is 4.66. The third kappa shape index (κ3) is 0.238. The number of H-pyrrole nitrogens is 1. The van der Waals surface area contributed by atoms with Crippen LogP contribution in [0.4, 0.5) is 0 Å². The Bertz CT molecular complexity index is 333. The zero-order valence-electron chi connectivity index (χ0n) is 3.97. The first-order chi connectivity index (χ1) is 3.88. The van der Waals surface area contributed by atoms with E-state index < -0.39 is 0 Å². The zero-order chi connectivity index (χ0) is 5.56. The van der Waals surface area contributed by atoms with E-state index in [2.05, 4.69) is 9.68 Å². The van der Waals surface area contributed by atoms with Crippen LogP contribution in [0.5, 0.6) is 0 Å². The molecule has 3 heteroatoms. The highest BCUT2D eigenvalue weighted by Crippen LogP contribution is 1.69. The molecule has 0 fully saturated rings. The molecular weight excluding hydrogens is 106 g/mol. The first-order valence-electron chi connectivity index (χ1n) is 2.27. The first-order valence-corrected chi connectivity index (χ1v) is 2.27. The van der Waals surface area contributed by atoms with Gasteiger partial charge in [0.1, 0.15) is 5.35 Å². The summed E-state index contributed by atoms with van der Waals surface area (Å²) in [5, 5.41) is 2.99. The van der Waals surface area contributed by atoms with Crippen molar-refractivity contribution < 1.29 is 4.52 Å². The van der Waals surface area contributed by atoms with Crippen molar-refractivity contribution in [3.63, 3.8) is 0 Å². The standard InChI is InChI=1S/C5H3NO2/c7-5-3-1-2-4(5)8-6-3/h1-2,6H. The SMILES string of the molecule is O=c1c2[nH]oc1=CC=2. The highest BCUT2D eigenvalue weighted by Gasteiger charge is 1.99. The van der Waals surface area contributed by atoms with Crippen molar-refractivity contribution in [1.82, 2.24) is 5.16 Å². The summed E-state index contributed by atoms with van der Waals surface area (Å²) >= 11 is 0. The fourth-order valence-electron chi connectivity index (χ4n) is 0.714. The Balaban J connectivity index is 3.41. The van der Waals surface area contributed by atoms with Gasteiger partial charge in [-0.15, -0.1) is 0 Å². The molecule has 0 amide bonds. The zero-order valence-corrected chi connectivity index (χ0v) is 3.97. The van der Waals surface area contributed by atoms with Crippen LogP contribution in [0, 0.1) is 0 Å². The molecule has 0 aliphatic heterocycles. The number of hydrogen-bond acceptors (Lipinski definition) is 2. The van der Waals surface area contributed by atoms with Crippen LogP contribution < -0.4 is 16.2 Å². The Morgan fingerprint density at radius 1 is 1.50 bits per heavy atom. The van der Waals surface area contributed by atoms with Crippen LogP contribution in [0.3, 0.4) is 0 Å². The lowest BCUT2D eigenvalue weighted by molar-refractivity contribution is 0.387. The summed E-state index contributed by atoms with van der Waals surface area (Å²) in [4.78, 5) is 10.6. The summed E-state index contributed by atoms with van der Waals surface area (Å²) in [5.74, 6) is 0. The Morgan fingerprint density at radius 3 is 2.50 bits per heavy atom. The summed E-state index contributed by atoms with van der Waals surface area (Å²) in [6, 6.07) is 0. The summed E-state index contributed by atoms with van der Waals surface area (Å²) in [6.45, 7) is 0. The predicted molar refractivity (Wildman–Crippen MR) is 27.5 cm³/mol. The summed E-state index contributed by atoms with van der Waals surface area (Å²) in [5.41, 5.74) is 0.366. The Labute approximate surface area is 43.9 Å². The van der Waals surface area contributed by atoms with Gasteiger partial charge in [-0.1, -0.05) is 0 Å². The van der Waals surface area contributed by atoms with Crippen LogP contribution >= 0.6 is 0 Å². The van der Waals surface area contributed by atoms with Crippen molar-refractivity contribution in [2.75, 3.05) is 0 Å². The molecular formula is C5H3NO2. The smallest absolute Gasteiger partial charge is 0.249 e. The third-order valence-electron chi connectivity index (χ3n) is 1.14. The van der Waals surface area contributed by atoms with Gasteiger partial charge >= 0.3 is 0 Å². The lowest BCUT2D eigenvalue weighted by Gasteiger charge is -1.70. The lowest BCUT2D eigenvalue weighted by atomic mass is 10.6. The fourth-order valence-corrected chi connectivity index (χ4v) is 0.714. The van der Waals surface area contributed by atoms with Crippen LogP contribution in [-0.4, -0.2) is 5.16 Å². The molecule has 1 aromatic rings. The average Bonchev–Trinajstić information content (AvgIpc) is 2.29. The van der Waals surface area contributed by atoms with Crippen LogP contribution in [0.25, 0.3) is 12.2 Å². The van der Waals surface area contributed by atoms with E-state index >= 15 is 0 Å². The number of fused-ring (bicyclic) bond motifs is 2. The molecule has 0 saturated carbocycles. The minimum atomic E-state index is -0.0370.